The second-order valence-corrected chi connectivity index (χ2v) is 6.01. The van der Waals surface area contributed by atoms with Crippen molar-refractivity contribution in [2.75, 3.05) is 10.6 Å². The quantitative estimate of drug-likeness (QED) is 0.311. The Bertz CT molecular complexity index is 934. The highest BCUT2D eigenvalue weighted by molar-refractivity contribution is 6.39. The molecule has 0 fully saturated rings. The molecule has 0 saturated carbocycles. The summed E-state index contributed by atoms with van der Waals surface area (Å²) in [5, 5.41) is 25.7. The van der Waals surface area contributed by atoms with Crippen molar-refractivity contribution in [3.05, 3.63) is 73.4 Å². The molecule has 2 aromatic carbocycles. The third-order valence-corrected chi connectivity index (χ3v) is 4.04. The molecule has 10 heteroatoms. The number of rotatable bonds is 5. The number of carbonyl (C=O) groups excluding carboxylic acids is 1. The number of hydrogen-bond acceptors (Lipinski definition) is 5. The summed E-state index contributed by atoms with van der Waals surface area (Å²) in [6.45, 7) is 0. The molecule has 2 N–H and O–H groups in total. The zero-order chi connectivity index (χ0) is 19.3. The fourth-order valence-corrected chi connectivity index (χ4v) is 2.55. The van der Waals surface area contributed by atoms with Gasteiger partial charge in [-0.1, -0.05) is 40.9 Å². The number of halogens is 3. The van der Waals surface area contributed by atoms with Crippen molar-refractivity contribution in [1.29, 1.82) is 5.26 Å². The molecule has 0 aliphatic heterocycles. The molecule has 7 nitrogen and oxygen atoms in total. The summed E-state index contributed by atoms with van der Waals surface area (Å²) < 4.78 is 0. The number of nitriles is 1. The van der Waals surface area contributed by atoms with Crippen LogP contribution in [-0.2, 0) is 4.79 Å². The van der Waals surface area contributed by atoms with E-state index in [1.165, 1.54) is 12.1 Å². The fourth-order valence-electron chi connectivity index (χ4n) is 1.86. The van der Waals surface area contributed by atoms with Crippen LogP contribution in [0.5, 0.6) is 0 Å². The molecule has 132 valence electrons. The average molecular weight is 412 g/mol. The Labute approximate surface area is 162 Å². The van der Waals surface area contributed by atoms with Crippen LogP contribution in [0, 0.1) is 21.4 Å². The monoisotopic (exact) mass is 410 g/mol. The van der Waals surface area contributed by atoms with E-state index in [9.17, 15) is 14.9 Å². The largest absolute Gasteiger partial charge is 0.358 e. The van der Waals surface area contributed by atoms with Crippen LogP contribution in [0.25, 0.3) is 0 Å². The topological polar surface area (TPSA) is 108 Å². The number of benzene rings is 2. The van der Waals surface area contributed by atoms with Gasteiger partial charge in [0, 0.05) is 18.0 Å². The van der Waals surface area contributed by atoms with Crippen LogP contribution in [0.3, 0.4) is 0 Å². The third kappa shape index (κ3) is 4.64. The minimum Gasteiger partial charge on any atom is -0.358 e. The summed E-state index contributed by atoms with van der Waals surface area (Å²) in [5.41, 5.74) is -0.215. The number of nitro benzene ring substituents is 1. The van der Waals surface area contributed by atoms with Gasteiger partial charge in [-0.15, -0.1) is 0 Å². The zero-order valence-corrected chi connectivity index (χ0v) is 15.1. The predicted octanol–water partition coefficient (Wildman–Crippen LogP) is 5.01. The maximum atomic E-state index is 12.2. The SMILES string of the molecule is N#C/C(=C/Nc1c(Cl)cccc1Cl)C(=O)Nc1ccc(Cl)c([N+](=O)[O-])c1. The Morgan fingerprint density at radius 2 is 1.81 bits per heavy atom. The number of anilines is 2. The summed E-state index contributed by atoms with van der Waals surface area (Å²) in [6, 6.07) is 10.3. The smallest absolute Gasteiger partial charge is 0.289 e. The molecule has 0 saturated heterocycles. The molecule has 0 heterocycles. The highest BCUT2D eigenvalue weighted by atomic mass is 35.5. The first-order valence-electron chi connectivity index (χ1n) is 6.89. The minimum absolute atomic E-state index is 0.0703. The molecule has 0 unspecified atom stereocenters. The molecule has 0 aromatic heterocycles. The van der Waals surface area contributed by atoms with Gasteiger partial charge in [-0.25, -0.2) is 0 Å². The van der Waals surface area contributed by atoms with Gasteiger partial charge >= 0.3 is 0 Å². The number of carbonyl (C=O) groups is 1. The van der Waals surface area contributed by atoms with E-state index < -0.39 is 10.8 Å². The van der Waals surface area contributed by atoms with Gasteiger partial charge in [-0.2, -0.15) is 5.26 Å². The standard InChI is InChI=1S/C16H9Cl3N4O3/c17-11-5-4-10(6-14(11)23(25)26)22-16(24)9(7-20)8-21-15-12(18)2-1-3-13(15)19/h1-6,8,21H,(H,22,24)/b9-8-. The summed E-state index contributed by atoms with van der Waals surface area (Å²) in [7, 11) is 0. The maximum absolute atomic E-state index is 12.2. The van der Waals surface area contributed by atoms with Crippen LogP contribution in [-0.4, -0.2) is 10.8 Å². The van der Waals surface area contributed by atoms with Gasteiger partial charge in [0.05, 0.1) is 20.7 Å². The first kappa shape index (κ1) is 19.5. The number of para-hydroxylation sites is 1. The lowest BCUT2D eigenvalue weighted by Gasteiger charge is -2.08. The summed E-state index contributed by atoms with van der Waals surface area (Å²) >= 11 is 17.7. The van der Waals surface area contributed by atoms with Crippen LogP contribution in [0.1, 0.15) is 0 Å². The fraction of sp³-hybridized carbons (Fsp3) is 0. The first-order chi connectivity index (χ1) is 12.3. The normalized spacial score (nSPS) is 10.8. The van der Waals surface area contributed by atoms with E-state index in [4.69, 9.17) is 40.1 Å². The second kappa shape index (κ2) is 8.54. The Hall–Kier alpha value is -2.79. The van der Waals surface area contributed by atoms with Crippen LogP contribution >= 0.6 is 34.8 Å². The van der Waals surface area contributed by atoms with Crippen molar-refractivity contribution >= 4 is 57.8 Å². The molecule has 0 aliphatic rings. The summed E-state index contributed by atoms with van der Waals surface area (Å²) in [4.78, 5) is 22.4. The van der Waals surface area contributed by atoms with Crippen LogP contribution in [0.4, 0.5) is 17.1 Å². The molecular weight excluding hydrogens is 403 g/mol. The number of nitro groups is 1. The molecule has 0 bridgehead atoms. The Balaban J connectivity index is 2.20. The van der Waals surface area contributed by atoms with Gasteiger partial charge in [0.1, 0.15) is 16.7 Å². The molecule has 2 rings (SSSR count). The van der Waals surface area contributed by atoms with E-state index in [1.54, 1.807) is 24.3 Å². The molecule has 0 aliphatic carbocycles. The summed E-state index contributed by atoms with van der Waals surface area (Å²) in [5.74, 6) is -0.778. The van der Waals surface area contributed by atoms with Crippen molar-refractivity contribution in [2.24, 2.45) is 0 Å². The molecule has 26 heavy (non-hydrogen) atoms. The molecular formula is C16H9Cl3N4O3. The molecule has 0 atom stereocenters. The number of hydrogen-bond donors (Lipinski definition) is 2. The number of amides is 1. The lowest BCUT2D eigenvalue weighted by atomic mass is 10.2. The highest BCUT2D eigenvalue weighted by Crippen LogP contribution is 2.30. The van der Waals surface area contributed by atoms with Gasteiger partial charge in [-0.05, 0) is 24.3 Å². The van der Waals surface area contributed by atoms with Crippen molar-refractivity contribution in [3.8, 4) is 6.07 Å². The minimum atomic E-state index is -0.778. The van der Waals surface area contributed by atoms with Crippen LogP contribution in [0.2, 0.25) is 15.1 Å². The first-order valence-corrected chi connectivity index (χ1v) is 8.03. The van der Waals surface area contributed by atoms with E-state index in [-0.39, 0.29) is 22.0 Å². The van der Waals surface area contributed by atoms with Gasteiger partial charge in [-0.3, -0.25) is 14.9 Å². The lowest BCUT2D eigenvalue weighted by Crippen LogP contribution is -2.14. The van der Waals surface area contributed by atoms with E-state index in [2.05, 4.69) is 10.6 Å². The second-order valence-electron chi connectivity index (χ2n) is 4.79. The van der Waals surface area contributed by atoms with E-state index in [0.29, 0.717) is 15.7 Å². The van der Waals surface area contributed by atoms with Crippen LogP contribution < -0.4 is 10.6 Å². The van der Waals surface area contributed by atoms with Gasteiger partial charge in [0.15, 0.2) is 0 Å². The van der Waals surface area contributed by atoms with Crippen molar-refractivity contribution < 1.29 is 9.72 Å². The lowest BCUT2D eigenvalue weighted by molar-refractivity contribution is -0.384. The zero-order valence-electron chi connectivity index (χ0n) is 12.8. The van der Waals surface area contributed by atoms with Gasteiger partial charge < -0.3 is 10.6 Å². The summed E-state index contributed by atoms with van der Waals surface area (Å²) in [6.07, 6.45) is 1.13. The Kier molecular flexibility index (Phi) is 6.41. The van der Waals surface area contributed by atoms with E-state index >= 15 is 0 Å². The van der Waals surface area contributed by atoms with Gasteiger partial charge in [0.2, 0.25) is 0 Å². The van der Waals surface area contributed by atoms with Gasteiger partial charge in [0.25, 0.3) is 11.6 Å². The van der Waals surface area contributed by atoms with Crippen molar-refractivity contribution in [3.63, 3.8) is 0 Å². The maximum Gasteiger partial charge on any atom is 0.289 e. The van der Waals surface area contributed by atoms with E-state index in [1.807, 2.05) is 0 Å². The molecule has 0 radical (unpaired) electrons. The van der Waals surface area contributed by atoms with Crippen molar-refractivity contribution in [1.82, 2.24) is 0 Å². The molecule has 0 spiro atoms. The average Bonchev–Trinajstić information content (AvgIpc) is 2.59. The predicted molar refractivity (Wildman–Crippen MR) is 101 cm³/mol. The third-order valence-electron chi connectivity index (χ3n) is 3.09. The number of nitrogens with zero attached hydrogens (tertiary/aromatic N) is 2. The molecule has 1 amide bonds. The highest BCUT2D eigenvalue weighted by Gasteiger charge is 2.16. The van der Waals surface area contributed by atoms with E-state index in [0.717, 1.165) is 12.3 Å². The Morgan fingerprint density at radius 3 is 2.38 bits per heavy atom. The van der Waals surface area contributed by atoms with Crippen LogP contribution in [0.15, 0.2) is 48.2 Å². The molecule has 2 aromatic rings. The Morgan fingerprint density at radius 1 is 1.15 bits per heavy atom. The van der Waals surface area contributed by atoms with Crippen molar-refractivity contribution in [2.45, 2.75) is 0 Å². The number of nitrogens with one attached hydrogen (secondary N) is 2.